The zero-order chi connectivity index (χ0) is 7.11. The topological polar surface area (TPSA) is 29.4 Å². The van der Waals surface area contributed by atoms with Gasteiger partial charge in [-0.3, -0.25) is 4.99 Å². The molecule has 0 N–H and O–H groups in total. The van der Waals surface area contributed by atoms with Gasteiger partial charge in [0.25, 0.3) is 0 Å². The highest BCUT2D eigenvalue weighted by molar-refractivity contribution is 5.88. The monoisotopic (exact) mass is 123 g/mol. The van der Waals surface area contributed by atoms with Crippen LogP contribution in [0.3, 0.4) is 0 Å². The molecule has 48 valence electrons. The van der Waals surface area contributed by atoms with Crippen molar-refractivity contribution in [3.8, 4) is 0 Å². The van der Waals surface area contributed by atoms with Crippen LogP contribution < -0.4 is 0 Å². The molecule has 0 saturated heterocycles. The molecule has 0 atom stereocenters. The second-order valence-corrected chi connectivity index (χ2v) is 1.57. The summed E-state index contributed by atoms with van der Waals surface area (Å²) < 4.78 is 0. The normalized spacial score (nSPS) is 9.00. The molecule has 0 radical (unpaired) electrons. The van der Waals surface area contributed by atoms with Gasteiger partial charge in [0, 0.05) is 6.21 Å². The minimum Gasteiger partial charge on any atom is -0.288 e. The molecule has 0 aliphatic carbocycles. The Morgan fingerprint density at radius 2 is 2.56 bits per heavy atom. The Hall–Kier alpha value is -1.14. The standard InChI is InChI=1S/C7H9NO/c1-3-4-8-5-7(2)6-9/h3,5H,1,4H2,2H3. The Kier molecular flexibility index (Phi) is 4.37. The van der Waals surface area contributed by atoms with Gasteiger partial charge in [-0.1, -0.05) is 6.08 Å². The van der Waals surface area contributed by atoms with E-state index in [0.29, 0.717) is 12.1 Å². The Morgan fingerprint density at radius 3 is 3.00 bits per heavy atom. The van der Waals surface area contributed by atoms with Crippen LogP contribution >= 0.6 is 0 Å². The van der Waals surface area contributed by atoms with E-state index in [2.05, 4.69) is 11.6 Å². The average molecular weight is 123 g/mol. The minimum absolute atomic E-state index is 0.511. The fourth-order valence-electron chi connectivity index (χ4n) is 0.291. The van der Waals surface area contributed by atoms with E-state index >= 15 is 0 Å². The zero-order valence-corrected chi connectivity index (χ0v) is 5.42. The molecular weight excluding hydrogens is 114 g/mol. The molecule has 0 amide bonds. The first-order valence-electron chi connectivity index (χ1n) is 2.63. The molecule has 0 aromatic carbocycles. The van der Waals surface area contributed by atoms with Crippen LogP contribution in [0.15, 0.2) is 23.2 Å². The maximum absolute atomic E-state index is 9.82. The Labute approximate surface area is 54.6 Å². The fourth-order valence-corrected chi connectivity index (χ4v) is 0.291. The third-order valence-electron chi connectivity index (χ3n) is 0.680. The summed E-state index contributed by atoms with van der Waals surface area (Å²) in [5.74, 6) is 1.71. The van der Waals surface area contributed by atoms with Crippen molar-refractivity contribution >= 4 is 12.2 Å². The van der Waals surface area contributed by atoms with Crippen LogP contribution in [0.5, 0.6) is 0 Å². The van der Waals surface area contributed by atoms with Gasteiger partial charge in [0.1, 0.15) is 5.94 Å². The van der Waals surface area contributed by atoms with Crippen LogP contribution in [0.2, 0.25) is 0 Å². The number of rotatable bonds is 3. The van der Waals surface area contributed by atoms with Crippen LogP contribution in [-0.2, 0) is 4.79 Å². The first-order chi connectivity index (χ1) is 4.31. The number of aliphatic imine (C=N–C) groups is 1. The highest BCUT2D eigenvalue weighted by Gasteiger charge is 1.76. The summed E-state index contributed by atoms with van der Waals surface area (Å²) in [5.41, 5.74) is 0.511. The first kappa shape index (κ1) is 7.86. The lowest BCUT2D eigenvalue weighted by molar-refractivity contribution is 0.568. The summed E-state index contributed by atoms with van der Waals surface area (Å²) >= 11 is 0. The van der Waals surface area contributed by atoms with Crippen molar-refractivity contribution in [2.75, 3.05) is 6.54 Å². The number of carbonyl (C=O) groups excluding carboxylic acids is 1. The summed E-state index contributed by atoms with van der Waals surface area (Å²) in [5, 5.41) is 0. The third kappa shape index (κ3) is 4.72. The summed E-state index contributed by atoms with van der Waals surface area (Å²) in [7, 11) is 0. The lowest BCUT2D eigenvalue weighted by atomic mass is 10.4. The molecule has 0 unspecified atom stereocenters. The van der Waals surface area contributed by atoms with Crippen molar-refractivity contribution in [3.63, 3.8) is 0 Å². The molecule has 2 nitrogen and oxygen atoms in total. The van der Waals surface area contributed by atoms with Crippen molar-refractivity contribution in [3.05, 3.63) is 18.2 Å². The number of hydrogen-bond donors (Lipinski definition) is 0. The van der Waals surface area contributed by atoms with E-state index in [1.54, 1.807) is 18.9 Å². The van der Waals surface area contributed by atoms with Gasteiger partial charge >= 0.3 is 0 Å². The number of allylic oxidation sites excluding steroid dienone is 1. The van der Waals surface area contributed by atoms with Crippen molar-refractivity contribution < 1.29 is 4.79 Å². The van der Waals surface area contributed by atoms with Crippen molar-refractivity contribution in [1.29, 1.82) is 0 Å². The third-order valence-corrected chi connectivity index (χ3v) is 0.680. The van der Waals surface area contributed by atoms with Gasteiger partial charge in [0.2, 0.25) is 0 Å². The Balaban J connectivity index is 3.70. The fraction of sp³-hybridized carbons (Fsp3) is 0.286. The van der Waals surface area contributed by atoms with E-state index in [1.807, 2.05) is 0 Å². The maximum Gasteiger partial charge on any atom is 0.129 e. The maximum atomic E-state index is 9.82. The molecular formula is C7H9NO. The summed E-state index contributed by atoms with van der Waals surface area (Å²) in [4.78, 5) is 13.6. The predicted molar refractivity (Wildman–Crippen MR) is 38.4 cm³/mol. The van der Waals surface area contributed by atoms with Gasteiger partial charge < -0.3 is 0 Å². The van der Waals surface area contributed by atoms with E-state index in [1.165, 1.54) is 6.21 Å². The lowest BCUT2D eigenvalue weighted by Gasteiger charge is -1.79. The zero-order valence-electron chi connectivity index (χ0n) is 5.42. The molecule has 0 spiro atoms. The molecule has 0 aromatic rings. The predicted octanol–water partition coefficient (Wildman–Crippen LogP) is 1.02. The van der Waals surface area contributed by atoms with Gasteiger partial charge in [-0.2, -0.15) is 0 Å². The second kappa shape index (κ2) is 5.01. The average Bonchev–Trinajstić information content (AvgIpc) is 1.89. The lowest BCUT2D eigenvalue weighted by Crippen LogP contribution is -1.79. The summed E-state index contributed by atoms with van der Waals surface area (Å²) in [6, 6.07) is 0. The molecule has 9 heavy (non-hydrogen) atoms. The van der Waals surface area contributed by atoms with Gasteiger partial charge in [-0.25, -0.2) is 4.79 Å². The van der Waals surface area contributed by atoms with E-state index in [-0.39, 0.29) is 0 Å². The van der Waals surface area contributed by atoms with Gasteiger partial charge in [0.05, 0.1) is 12.1 Å². The van der Waals surface area contributed by atoms with Gasteiger partial charge in [-0.15, -0.1) is 6.58 Å². The quantitative estimate of drug-likeness (QED) is 0.313. The molecule has 0 aromatic heterocycles. The first-order valence-corrected chi connectivity index (χ1v) is 2.63. The molecule has 0 aliphatic rings. The largest absolute Gasteiger partial charge is 0.288 e. The van der Waals surface area contributed by atoms with Gasteiger partial charge in [-0.05, 0) is 6.92 Å². The van der Waals surface area contributed by atoms with E-state index in [9.17, 15) is 4.79 Å². The van der Waals surface area contributed by atoms with E-state index < -0.39 is 0 Å². The molecule has 0 rings (SSSR count). The smallest absolute Gasteiger partial charge is 0.129 e. The summed E-state index contributed by atoms with van der Waals surface area (Å²) in [6.45, 7) is 5.67. The van der Waals surface area contributed by atoms with Crippen molar-refractivity contribution in [2.45, 2.75) is 6.92 Å². The molecule has 2 heteroatoms. The molecule has 0 bridgehead atoms. The second-order valence-electron chi connectivity index (χ2n) is 1.57. The molecule has 0 saturated carbocycles. The highest BCUT2D eigenvalue weighted by Crippen LogP contribution is 1.77. The van der Waals surface area contributed by atoms with Crippen molar-refractivity contribution in [2.24, 2.45) is 4.99 Å². The SMILES string of the molecule is C=CCN=CC(C)=C=O. The van der Waals surface area contributed by atoms with Crippen LogP contribution in [-0.4, -0.2) is 18.7 Å². The Bertz CT molecular complexity index is 164. The molecule has 0 aliphatic heterocycles. The van der Waals surface area contributed by atoms with Crippen LogP contribution in [0.4, 0.5) is 0 Å². The van der Waals surface area contributed by atoms with Crippen molar-refractivity contribution in [1.82, 2.24) is 0 Å². The van der Waals surface area contributed by atoms with Crippen LogP contribution in [0.1, 0.15) is 6.92 Å². The van der Waals surface area contributed by atoms with E-state index in [0.717, 1.165) is 0 Å². The molecule has 0 fully saturated rings. The van der Waals surface area contributed by atoms with Gasteiger partial charge in [0.15, 0.2) is 0 Å². The number of nitrogens with zero attached hydrogens (tertiary/aromatic N) is 1. The van der Waals surface area contributed by atoms with E-state index in [4.69, 9.17) is 0 Å². The van der Waals surface area contributed by atoms with Crippen LogP contribution in [0.25, 0.3) is 0 Å². The summed E-state index contributed by atoms with van der Waals surface area (Å²) in [6.07, 6.45) is 3.14. The van der Waals surface area contributed by atoms with Crippen LogP contribution in [0, 0.1) is 0 Å². The highest BCUT2D eigenvalue weighted by atomic mass is 16.1. The number of hydrogen-bond acceptors (Lipinski definition) is 2. The molecule has 0 heterocycles. The minimum atomic E-state index is 0.511. The Morgan fingerprint density at radius 1 is 1.89 bits per heavy atom.